The van der Waals surface area contributed by atoms with Crippen molar-refractivity contribution in [3.8, 4) is 0 Å². The molecule has 1 N–H and O–H groups in total. The number of nitrogens with zero attached hydrogens (tertiary/aromatic N) is 1. The molecular weight excluding hydrogens is 271 g/mol. The smallest absolute Gasteiger partial charge is 0.396 e. The zero-order valence-electron chi connectivity index (χ0n) is 10.9. The van der Waals surface area contributed by atoms with E-state index >= 15 is 0 Å². The summed E-state index contributed by atoms with van der Waals surface area (Å²) >= 11 is 0. The predicted octanol–water partition coefficient (Wildman–Crippen LogP) is 2.55. The van der Waals surface area contributed by atoms with E-state index in [1.54, 1.807) is 4.90 Å². The van der Waals surface area contributed by atoms with Gasteiger partial charge in [-0.25, -0.2) is 0 Å². The number of hydrogen-bond acceptors (Lipinski definition) is 2. The number of halogens is 3. The van der Waals surface area contributed by atoms with Gasteiger partial charge in [-0.15, -0.1) is 0 Å². The Balaban J connectivity index is 2.10. The molecule has 3 nitrogen and oxygen atoms in total. The summed E-state index contributed by atoms with van der Waals surface area (Å²) in [5, 5.41) is 9.03. The first-order valence-corrected chi connectivity index (χ1v) is 6.49. The number of aliphatic hydroxyl groups excluding tert-OH is 1. The maximum Gasteiger partial charge on any atom is 0.416 e. The Labute approximate surface area is 115 Å². The van der Waals surface area contributed by atoms with E-state index in [4.69, 9.17) is 5.11 Å². The first-order chi connectivity index (χ1) is 9.41. The van der Waals surface area contributed by atoms with Crippen LogP contribution in [0.3, 0.4) is 0 Å². The Hall–Kier alpha value is -1.56. The number of carbonyl (C=O) groups excluding carboxylic acids is 1. The number of alkyl halides is 3. The predicted molar refractivity (Wildman–Crippen MR) is 67.2 cm³/mol. The number of hydrogen-bond donors (Lipinski definition) is 1. The van der Waals surface area contributed by atoms with Crippen molar-refractivity contribution in [1.29, 1.82) is 0 Å². The van der Waals surface area contributed by atoms with E-state index in [1.165, 1.54) is 12.1 Å². The average molecular weight is 287 g/mol. The Morgan fingerprint density at radius 2 is 1.95 bits per heavy atom. The Morgan fingerprint density at radius 1 is 1.30 bits per heavy atom. The van der Waals surface area contributed by atoms with Gasteiger partial charge >= 0.3 is 6.18 Å². The van der Waals surface area contributed by atoms with Crippen LogP contribution < -0.4 is 0 Å². The monoisotopic (exact) mass is 287 g/mol. The van der Waals surface area contributed by atoms with Crippen LogP contribution in [0.2, 0.25) is 0 Å². The van der Waals surface area contributed by atoms with Crippen molar-refractivity contribution in [2.75, 3.05) is 19.7 Å². The summed E-state index contributed by atoms with van der Waals surface area (Å²) in [6.07, 6.45) is -3.08. The van der Waals surface area contributed by atoms with Gasteiger partial charge in [0.15, 0.2) is 0 Å². The second kappa shape index (κ2) is 5.83. The minimum atomic E-state index is -4.44. The lowest BCUT2D eigenvalue weighted by Crippen LogP contribution is -2.39. The highest BCUT2D eigenvalue weighted by Crippen LogP contribution is 2.30. The van der Waals surface area contributed by atoms with Gasteiger partial charge in [0.1, 0.15) is 0 Å². The number of amides is 1. The van der Waals surface area contributed by atoms with Crippen LogP contribution >= 0.6 is 0 Å². The summed E-state index contributed by atoms with van der Waals surface area (Å²) in [7, 11) is 0. The topological polar surface area (TPSA) is 40.5 Å². The van der Waals surface area contributed by atoms with Crippen LogP contribution in [0.4, 0.5) is 13.2 Å². The van der Waals surface area contributed by atoms with Crippen molar-refractivity contribution in [1.82, 2.24) is 4.90 Å². The lowest BCUT2D eigenvalue weighted by molar-refractivity contribution is -0.137. The maximum absolute atomic E-state index is 12.6. The van der Waals surface area contributed by atoms with Gasteiger partial charge in [-0.05, 0) is 37.0 Å². The molecule has 0 atom stereocenters. The van der Waals surface area contributed by atoms with Gasteiger partial charge in [0.25, 0.3) is 5.91 Å². The number of benzene rings is 1. The second-order valence-electron chi connectivity index (χ2n) is 5.00. The van der Waals surface area contributed by atoms with Crippen molar-refractivity contribution in [3.63, 3.8) is 0 Å². The molecule has 20 heavy (non-hydrogen) atoms. The zero-order valence-corrected chi connectivity index (χ0v) is 10.9. The number of aliphatic hydroxyl groups is 1. The SMILES string of the molecule is O=C(c1cccc(C(F)(F)F)c1)N1CCC(CO)CC1. The van der Waals surface area contributed by atoms with Crippen LogP contribution in [0.25, 0.3) is 0 Å². The minimum Gasteiger partial charge on any atom is -0.396 e. The summed E-state index contributed by atoms with van der Waals surface area (Å²) in [6.45, 7) is 1.03. The van der Waals surface area contributed by atoms with Crippen LogP contribution in [-0.4, -0.2) is 35.6 Å². The largest absolute Gasteiger partial charge is 0.416 e. The molecule has 0 unspecified atom stereocenters. The highest BCUT2D eigenvalue weighted by Gasteiger charge is 2.31. The lowest BCUT2D eigenvalue weighted by atomic mass is 9.97. The Morgan fingerprint density at radius 3 is 2.50 bits per heavy atom. The average Bonchev–Trinajstić information content (AvgIpc) is 2.46. The quantitative estimate of drug-likeness (QED) is 0.908. The van der Waals surface area contributed by atoms with Crippen molar-refractivity contribution in [2.24, 2.45) is 5.92 Å². The highest BCUT2D eigenvalue weighted by atomic mass is 19.4. The molecule has 0 aromatic heterocycles. The Kier molecular flexibility index (Phi) is 4.32. The molecule has 1 aromatic carbocycles. The van der Waals surface area contributed by atoms with Crippen molar-refractivity contribution in [2.45, 2.75) is 19.0 Å². The normalized spacial score (nSPS) is 17.3. The number of rotatable bonds is 2. The zero-order chi connectivity index (χ0) is 14.8. The molecule has 1 heterocycles. The highest BCUT2D eigenvalue weighted by molar-refractivity contribution is 5.94. The van der Waals surface area contributed by atoms with Gasteiger partial charge in [0.2, 0.25) is 0 Å². The molecule has 1 aliphatic heterocycles. The first-order valence-electron chi connectivity index (χ1n) is 6.49. The minimum absolute atomic E-state index is 0.0577. The molecule has 1 fully saturated rings. The molecule has 1 aromatic rings. The summed E-state index contributed by atoms with van der Waals surface area (Å²) in [4.78, 5) is 13.7. The van der Waals surface area contributed by atoms with Crippen LogP contribution in [0, 0.1) is 5.92 Å². The molecule has 0 spiro atoms. The standard InChI is InChI=1S/C14H16F3NO2/c15-14(16,17)12-3-1-2-11(8-12)13(20)18-6-4-10(9-19)5-7-18/h1-3,8,10,19H,4-7,9H2. The van der Waals surface area contributed by atoms with E-state index in [1.807, 2.05) is 0 Å². The van der Waals surface area contributed by atoms with E-state index < -0.39 is 11.7 Å². The molecule has 1 amide bonds. The fourth-order valence-corrected chi connectivity index (χ4v) is 2.33. The molecule has 110 valence electrons. The third-order valence-electron chi connectivity index (χ3n) is 3.60. The van der Waals surface area contributed by atoms with E-state index in [0.29, 0.717) is 25.9 Å². The number of carbonyl (C=O) groups is 1. The van der Waals surface area contributed by atoms with Crippen LogP contribution in [-0.2, 0) is 6.18 Å². The molecule has 6 heteroatoms. The third-order valence-corrected chi connectivity index (χ3v) is 3.60. The van der Waals surface area contributed by atoms with Crippen LogP contribution in [0.5, 0.6) is 0 Å². The lowest BCUT2D eigenvalue weighted by Gasteiger charge is -2.31. The van der Waals surface area contributed by atoms with Gasteiger partial charge in [-0.3, -0.25) is 4.79 Å². The van der Waals surface area contributed by atoms with Crippen molar-refractivity contribution < 1.29 is 23.1 Å². The maximum atomic E-state index is 12.6. The van der Waals surface area contributed by atoms with E-state index in [-0.39, 0.29) is 24.0 Å². The van der Waals surface area contributed by atoms with Gasteiger partial charge in [0, 0.05) is 25.3 Å². The van der Waals surface area contributed by atoms with E-state index in [9.17, 15) is 18.0 Å². The van der Waals surface area contributed by atoms with Crippen molar-refractivity contribution in [3.05, 3.63) is 35.4 Å². The first kappa shape index (κ1) is 14.8. The molecule has 0 radical (unpaired) electrons. The summed E-state index contributed by atoms with van der Waals surface area (Å²) < 4.78 is 37.9. The summed E-state index contributed by atoms with van der Waals surface area (Å²) in [6, 6.07) is 4.49. The fourth-order valence-electron chi connectivity index (χ4n) is 2.33. The van der Waals surface area contributed by atoms with Crippen LogP contribution in [0.15, 0.2) is 24.3 Å². The third kappa shape index (κ3) is 3.30. The molecule has 1 saturated heterocycles. The molecule has 0 aliphatic carbocycles. The molecule has 0 saturated carbocycles. The van der Waals surface area contributed by atoms with Gasteiger partial charge in [-0.1, -0.05) is 6.07 Å². The van der Waals surface area contributed by atoms with Gasteiger partial charge in [-0.2, -0.15) is 13.2 Å². The molecule has 0 bridgehead atoms. The van der Waals surface area contributed by atoms with E-state index in [2.05, 4.69) is 0 Å². The summed E-state index contributed by atoms with van der Waals surface area (Å²) in [5.41, 5.74) is -0.754. The van der Waals surface area contributed by atoms with Crippen LogP contribution in [0.1, 0.15) is 28.8 Å². The number of piperidine rings is 1. The molecule has 2 rings (SSSR count). The molecular formula is C14H16F3NO2. The van der Waals surface area contributed by atoms with Gasteiger partial charge < -0.3 is 10.0 Å². The fraction of sp³-hybridized carbons (Fsp3) is 0.500. The molecule has 1 aliphatic rings. The Bertz CT molecular complexity index is 480. The second-order valence-corrected chi connectivity index (χ2v) is 5.00. The summed E-state index contributed by atoms with van der Waals surface area (Å²) in [5.74, 6) is -0.201. The number of likely N-dealkylation sites (tertiary alicyclic amines) is 1. The van der Waals surface area contributed by atoms with Crippen molar-refractivity contribution >= 4 is 5.91 Å². The van der Waals surface area contributed by atoms with Gasteiger partial charge in [0.05, 0.1) is 5.56 Å². The van der Waals surface area contributed by atoms with E-state index in [0.717, 1.165) is 12.1 Å².